The highest BCUT2D eigenvalue weighted by atomic mass is 35.5. The summed E-state index contributed by atoms with van der Waals surface area (Å²) >= 11 is 5.90. The van der Waals surface area contributed by atoms with E-state index in [2.05, 4.69) is 4.98 Å². The van der Waals surface area contributed by atoms with Crippen LogP contribution in [0.5, 0.6) is 0 Å². The molecule has 3 rings (SSSR count). The fraction of sp³-hybridized carbons (Fsp3) is 0.118. The highest BCUT2D eigenvalue weighted by Gasteiger charge is 2.14. The zero-order chi connectivity index (χ0) is 15.0. The molecular weight excluding hydrogens is 287 g/mol. The van der Waals surface area contributed by atoms with Crippen LogP contribution in [0.3, 0.4) is 0 Å². The lowest BCUT2D eigenvalue weighted by atomic mass is 9.96. The first-order valence-electron chi connectivity index (χ1n) is 6.66. The predicted octanol–water partition coefficient (Wildman–Crippen LogP) is 4.76. The summed E-state index contributed by atoms with van der Waals surface area (Å²) in [6, 6.07) is 14.2. The maximum Gasteiger partial charge on any atom is 0.149 e. The Morgan fingerprint density at radius 1 is 1.14 bits per heavy atom. The lowest BCUT2D eigenvalue weighted by Crippen LogP contribution is -2.02. The molecule has 2 N–H and O–H groups in total. The van der Waals surface area contributed by atoms with Gasteiger partial charge >= 0.3 is 0 Å². The molecule has 1 aromatic heterocycles. The third kappa shape index (κ3) is 2.57. The van der Waals surface area contributed by atoms with Crippen molar-refractivity contribution < 1.29 is 4.39 Å². The van der Waals surface area contributed by atoms with Gasteiger partial charge in [0.1, 0.15) is 11.3 Å². The smallest absolute Gasteiger partial charge is 0.149 e. The molecule has 0 spiro atoms. The van der Waals surface area contributed by atoms with Crippen LogP contribution in [-0.2, 0) is 0 Å². The highest BCUT2D eigenvalue weighted by molar-refractivity contribution is 6.30. The van der Waals surface area contributed by atoms with Gasteiger partial charge in [0.25, 0.3) is 0 Å². The fourth-order valence-corrected chi connectivity index (χ4v) is 2.53. The second-order valence-corrected chi connectivity index (χ2v) is 5.48. The molecule has 2 aromatic carbocycles. The number of nitrogen functional groups attached to an aromatic ring is 1. The largest absolute Gasteiger partial charge is 0.398 e. The zero-order valence-electron chi connectivity index (χ0n) is 11.5. The Morgan fingerprint density at radius 2 is 1.86 bits per heavy atom. The van der Waals surface area contributed by atoms with Crippen molar-refractivity contribution in [1.29, 1.82) is 0 Å². The Morgan fingerprint density at radius 3 is 2.57 bits per heavy atom. The SMILES string of the molecule is CC(c1ccc(Cl)cc1)c1cc(N)c2cccc(F)c2n1. The number of anilines is 1. The van der Waals surface area contributed by atoms with Crippen LogP contribution in [0, 0.1) is 5.82 Å². The van der Waals surface area contributed by atoms with E-state index in [1.165, 1.54) is 6.07 Å². The summed E-state index contributed by atoms with van der Waals surface area (Å²) in [6.45, 7) is 2.01. The van der Waals surface area contributed by atoms with Crippen LogP contribution in [0.15, 0.2) is 48.5 Å². The molecule has 1 unspecified atom stereocenters. The zero-order valence-corrected chi connectivity index (χ0v) is 12.2. The Balaban J connectivity index is 2.12. The number of hydrogen-bond donors (Lipinski definition) is 1. The number of nitrogens with zero attached hydrogens (tertiary/aromatic N) is 1. The summed E-state index contributed by atoms with van der Waals surface area (Å²) in [5, 5.41) is 1.32. The number of para-hydroxylation sites is 1. The van der Waals surface area contributed by atoms with Crippen molar-refractivity contribution in [2.45, 2.75) is 12.8 Å². The Kier molecular flexibility index (Phi) is 3.52. The number of nitrogens with two attached hydrogens (primary N) is 1. The summed E-state index contributed by atoms with van der Waals surface area (Å²) in [7, 11) is 0. The molecule has 0 saturated heterocycles. The lowest BCUT2D eigenvalue weighted by molar-refractivity contribution is 0.636. The van der Waals surface area contributed by atoms with Gasteiger partial charge in [-0.25, -0.2) is 9.37 Å². The first-order chi connectivity index (χ1) is 10.1. The molecule has 0 amide bonds. The van der Waals surface area contributed by atoms with Gasteiger partial charge < -0.3 is 5.73 Å². The first kappa shape index (κ1) is 13.8. The normalized spacial score (nSPS) is 12.5. The van der Waals surface area contributed by atoms with Crippen molar-refractivity contribution in [2.75, 3.05) is 5.73 Å². The molecule has 1 atom stereocenters. The molecule has 0 aliphatic heterocycles. The molecule has 4 heteroatoms. The molecule has 2 nitrogen and oxygen atoms in total. The van der Waals surface area contributed by atoms with Crippen LogP contribution in [0.4, 0.5) is 10.1 Å². The minimum absolute atomic E-state index is 0.00794. The van der Waals surface area contributed by atoms with E-state index in [0.717, 1.165) is 11.3 Å². The Hall–Kier alpha value is -2.13. The van der Waals surface area contributed by atoms with Crippen LogP contribution in [0.1, 0.15) is 24.1 Å². The summed E-state index contributed by atoms with van der Waals surface area (Å²) in [4.78, 5) is 4.45. The van der Waals surface area contributed by atoms with Gasteiger partial charge in [0.2, 0.25) is 0 Å². The molecule has 21 heavy (non-hydrogen) atoms. The summed E-state index contributed by atoms with van der Waals surface area (Å²) in [5.74, 6) is -0.349. The molecular formula is C17H14ClFN2. The predicted molar refractivity (Wildman–Crippen MR) is 85.1 cm³/mol. The molecule has 3 aromatic rings. The van der Waals surface area contributed by atoms with E-state index in [-0.39, 0.29) is 11.7 Å². The average molecular weight is 301 g/mol. The average Bonchev–Trinajstić information content (AvgIpc) is 2.48. The van der Waals surface area contributed by atoms with Gasteiger partial charge in [0.05, 0.1) is 5.69 Å². The van der Waals surface area contributed by atoms with Gasteiger partial charge in [-0.1, -0.05) is 42.8 Å². The second-order valence-electron chi connectivity index (χ2n) is 5.05. The fourth-order valence-electron chi connectivity index (χ4n) is 2.40. The van der Waals surface area contributed by atoms with Crippen molar-refractivity contribution in [3.05, 3.63) is 70.6 Å². The minimum Gasteiger partial charge on any atom is -0.398 e. The molecule has 0 bridgehead atoms. The van der Waals surface area contributed by atoms with Gasteiger partial charge in [0.15, 0.2) is 0 Å². The van der Waals surface area contributed by atoms with Crippen LogP contribution in [-0.4, -0.2) is 4.98 Å². The topological polar surface area (TPSA) is 38.9 Å². The quantitative estimate of drug-likeness (QED) is 0.741. The van der Waals surface area contributed by atoms with Gasteiger partial charge in [-0.05, 0) is 29.8 Å². The van der Waals surface area contributed by atoms with Gasteiger partial charge in [-0.3, -0.25) is 0 Å². The molecule has 0 aliphatic carbocycles. The van der Waals surface area contributed by atoms with E-state index in [4.69, 9.17) is 17.3 Å². The van der Waals surface area contributed by atoms with Crippen molar-refractivity contribution >= 4 is 28.2 Å². The summed E-state index contributed by atoms with van der Waals surface area (Å²) in [6.07, 6.45) is 0. The number of halogens is 2. The number of rotatable bonds is 2. The van der Waals surface area contributed by atoms with E-state index < -0.39 is 0 Å². The van der Waals surface area contributed by atoms with Crippen molar-refractivity contribution in [3.8, 4) is 0 Å². The number of fused-ring (bicyclic) bond motifs is 1. The van der Waals surface area contributed by atoms with Crippen molar-refractivity contribution in [1.82, 2.24) is 4.98 Å². The van der Waals surface area contributed by atoms with E-state index >= 15 is 0 Å². The standard InChI is InChI=1S/C17H14ClFN2/c1-10(11-5-7-12(18)8-6-11)16-9-15(20)13-3-2-4-14(19)17(13)21-16/h2-10H,1H3,(H2,20,21). The minimum atomic E-state index is -0.357. The Labute approximate surface area is 127 Å². The molecule has 1 heterocycles. The van der Waals surface area contributed by atoms with E-state index in [0.29, 0.717) is 21.6 Å². The van der Waals surface area contributed by atoms with Crippen LogP contribution in [0.2, 0.25) is 5.02 Å². The molecule has 106 valence electrons. The van der Waals surface area contributed by atoms with Gasteiger partial charge in [0, 0.05) is 22.0 Å². The maximum absolute atomic E-state index is 13.9. The number of aromatic nitrogens is 1. The van der Waals surface area contributed by atoms with Crippen molar-refractivity contribution in [2.24, 2.45) is 0 Å². The molecule has 0 aliphatic rings. The molecule has 0 saturated carbocycles. The highest BCUT2D eigenvalue weighted by Crippen LogP contribution is 2.29. The number of hydrogen-bond acceptors (Lipinski definition) is 2. The molecule has 0 radical (unpaired) electrons. The number of pyridine rings is 1. The third-order valence-corrected chi connectivity index (χ3v) is 3.91. The van der Waals surface area contributed by atoms with E-state index in [1.54, 1.807) is 18.2 Å². The van der Waals surface area contributed by atoms with E-state index in [9.17, 15) is 4.39 Å². The lowest BCUT2D eigenvalue weighted by Gasteiger charge is -2.14. The monoisotopic (exact) mass is 300 g/mol. The Bertz CT molecular complexity index is 800. The van der Waals surface area contributed by atoms with Crippen molar-refractivity contribution in [3.63, 3.8) is 0 Å². The second kappa shape index (κ2) is 5.34. The molecule has 0 fully saturated rings. The summed E-state index contributed by atoms with van der Waals surface area (Å²) in [5.41, 5.74) is 8.69. The van der Waals surface area contributed by atoms with Crippen LogP contribution in [0.25, 0.3) is 10.9 Å². The maximum atomic E-state index is 13.9. The van der Waals surface area contributed by atoms with Crippen LogP contribution >= 0.6 is 11.6 Å². The number of benzene rings is 2. The van der Waals surface area contributed by atoms with E-state index in [1.807, 2.05) is 31.2 Å². The van der Waals surface area contributed by atoms with Gasteiger partial charge in [-0.15, -0.1) is 0 Å². The summed E-state index contributed by atoms with van der Waals surface area (Å²) < 4.78 is 13.9. The third-order valence-electron chi connectivity index (χ3n) is 3.66. The first-order valence-corrected chi connectivity index (χ1v) is 7.04. The van der Waals surface area contributed by atoms with Gasteiger partial charge in [-0.2, -0.15) is 0 Å². The van der Waals surface area contributed by atoms with Crippen LogP contribution < -0.4 is 5.73 Å².